The normalized spacial score (nSPS) is 15.8. The average Bonchev–Trinajstić information content (AvgIpc) is 3.06. The Bertz CT molecular complexity index is 803. The summed E-state index contributed by atoms with van der Waals surface area (Å²) in [7, 11) is 0. The predicted octanol–water partition coefficient (Wildman–Crippen LogP) is 0.753. The van der Waals surface area contributed by atoms with Gasteiger partial charge in [-0.05, 0) is 28.8 Å². The van der Waals surface area contributed by atoms with Crippen molar-refractivity contribution in [2.75, 3.05) is 13.2 Å². The van der Waals surface area contributed by atoms with Crippen molar-refractivity contribution in [3.8, 4) is 0 Å². The highest BCUT2D eigenvalue weighted by molar-refractivity contribution is 5.94. The molecular formula is C19H21N3O4. The number of aliphatic hydroxyl groups excluding tert-OH is 2. The third-order valence-corrected chi connectivity index (χ3v) is 4.55. The van der Waals surface area contributed by atoms with Crippen LogP contribution in [0.3, 0.4) is 0 Å². The summed E-state index contributed by atoms with van der Waals surface area (Å²) in [6, 6.07) is 13.2. The lowest BCUT2D eigenvalue weighted by Crippen LogP contribution is -2.40. The first kappa shape index (κ1) is 17.9. The van der Waals surface area contributed by atoms with E-state index in [9.17, 15) is 9.59 Å². The number of aliphatic hydroxyl groups is 2. The number of nitrogens with one attached hydrogen (secondary N) is 1. The molecule has 0 aromatic heterocycles. The van der Waals surface area contributed by atoms with Gasteiger partial charge in [0.25, 0.3) is 5.91 Å². The molecule has 7 heteroatoms. The van der Waals surface area contributed by atoms with Crippen molar-refractivity contribution >= 4 is 11.9 Å². The van der Waals surface area contributed by atoms with Crippen molar-refractivity contribution in [2.45, 2.75) is 18.6 Å². The molecule has 7 nitrogen and oxygen atoms in total. The number of hydrogen-bond donors (Lipinski definition) is 4. The predicted molar refractivity (Wildman–Crippen MR) is 95.3 cm³/mol. The van der Waals surface area contributed by atoms with Crippen LogP contribution in [0, 0.1) is 0 Å². The standard InChI is InChI=1S/C19H21N3O4/c20-19(26)22-9-14-3-1-2-4-16(14)17(22)12-5-7-13(8-6-12)18(25)21-15(10-23)11-24/h1-8,15,17,23-24H,9-11H2,(H2,20,26)(H,21,25). The Balaban J connectivity index is 1.85. The summed E-state index contributed by atoms with van der Waals surface area (Å²) in [6.07, 6.45) is 0. The zero-order valence-corrected chi connectivity index (χ0v) is 14.1. The van der Waals surface area contributed by atoms with Crippen molar-refractivity contribution in [3.05, 3.63) is 70.8 Å². The summed E-state index contributed by atoms with van der Waals surface area (Å²) in [5, 5.41) is 20.7. The van der Waals surface area contributed by atoms with Crippen molar-refractivity contribution in [1.29, 1.82) is 0 Å². The quantitative estimate of drug-likeness (QED) is 0.633. The minimum absolute atomic E-state index is 0.288. The monoisotopic (exact) mass is 355 g/mol. The van der Waals surface area contributed by atoms with Gasteiger partial charge in [-0.2, -0.15) is 0 Å². The lowest BCUT2D eigenvalue weighted by atomic mass is 9.97. The van der Waals surface area contributed by atoms with E-state index in [0.29, 0.717) is 12.1 Å². The zero-order chi connectivity index (χ0) is 18.7. The molecule has 1 aliphatic rings. The van der Waals surface area contributed by atoms with Crippen LogP contribution in [-0.2, 0) is 6.54 Å². The Kier molecular flexibility index (Phi) is 5.20. The molecule has 5 N–H and O–H groups in total. The van der Waals surface area contributed by atoms with E-state index < -0.39 is 12.1 Å². The molecule has 2 aromatic rings. The molecule has 26 heavy (non-hydrogen) atoms. The summed E-state index contributed by atoms with van der Waals surface area (Å²) < 4.78 is 0. The summed E-state index contributed by atoms with van der Waals surface area (Å²) in [5.41, 5.74) is 8.86. The van der Waals surface area contributed by atoms with E-state index in [1.54, 1.807) is 29.2 Å². The van der Waals surface area contributed by atoms with Gasteiger partial charge < -0.3 is 26.2 Å². The fraction of sp³-hybridized carbons (Fsp3) is 0.263. The van der Waals surface area contributed by atoms with Crippen LogP contribution in [0.15, 0.2) is 48.5 Å². The number of carbonyl (C=O) groups excluding carboxylic acids is 2. The first-order valence-corrected chi connectivity index (χ1v) is 8.31. The third kappa shape index (κ3) is 3.40. The summed E-state index contributed by atoms with van der Waals surface area (Å²) >= 11 is 0. The maximum Gasteiger partial charge on any atom is 0.315 e. The molecule has 0 saturated carbocycles. The minimum atomic E-state index is -0.700. The lowest BCUT2D eigenvalue weighted by Gasteiger charge is -2.24. The largest absolute Gasteiger partial charge is 0.394 e. The second-order valence-corrected chi connectivity index (χ2v) is 6.23. The third-order valence-electron chi connectivity index (χ3n) is 4.55. The second kappa shape index (κ2) is 7.55. The molecule has 3 amide bonds. The highest BCUT2D eigenvalue weighted by Gasteiger charge is 2.33. The first-order valence-electron chi connectivity index (χ1n) is 8.31. The first-order chi connectivity index (χ1) is 12.5. The van der Waals surface area contributed by atoms with Gasteiger partial charge in [0.1, 0.15) is 0 Å². The summed E-state index contributed by atoms with van der Waals surface area (Å²) in [4.78, 5) is 25.6. The Morgan fingerprint density at radius 3 is 2.38 bits per heavy atom. The van der Waals surface area contributed by atoms with Crippen LogP contribution in [0.25, 0.3) is 0 Å². The fourth-order valence-corrected chi connectivity index (χ4v) is 3.19. The molecule has 0 bridgehead atoms. The maximum atomic E-state index is 12.2. The van der Waals surface area contributed by atoms with E-state index in [-0.39, 0.29) is 25.2 Å². The van der Waals surface area contributed by atoms with E-state index in [0.717, 1.165) is 16.7 Å². The molecule has 0 fully saturated rings. The SMILES string of the molecule is NC(=O)N1Cc2ccccc2C1c1ccc(C(=O)NC(CO)CO)cc1. The molecule has 3 rings (SSSR count). The minimum Gasteiger partial charge on any atom is -0.394 e. The molecule has 0 spiro atoms. The van der Waals surface area contributed by atoms with Gasteiger partial charge in [0.15, 0.2) is 0 Å². The average molecular weight is 355 g/mol. The van der Waals surface area contributed by atoms with Gasteiger partial charge >= 0.3 is 6.03 Å². The summed E-state index contributed by atoms with van der Waals surface area (Å²) in [6.45, 7) is -0.230. The number of amides is 3. The zero-order valence-electron chi connectivity index (χ0n) is 14.1. The molecule has 1 atom stereocenters. The molecule has 1 heterocycles. The number of nitrogens with two attached hydrogens (primary N) is 1. The van der Waals surface area contributed by atoms with Crippen LogP contribution in [0.4, 0.5) is 4.79 Å². The number of benzene rings is 2. The van der Waals surface area contributed by atoms with Crippen LogP contribution in [-0.4, -0.2) is 46.3 Å². The smallest absolute Gasteiger partial charge is 0.315 e. The number of rotatable bonds is 5. The second-order valence-electron chi connectivity index (χ2n) is 6.23. The number of primary amides is 1. The molecule has 0 aliphatic carbocycles. The van der Waals surface area contributed by atoms with Crippen molar-refractivity contribution in [2.24, 2.45) is 5.73 Å². The highest BCUT2D eigenvalue weighted by atomic mass is 16.3. The fourth-order valence-electron chi connectivity index (χ4n) is 3.19. The van der Waals surface area contributed by atoms with Gasteiger partial charge in [-0.15, -0.1) is 0 Å². The number of urea groups is 1. The van der Waals surface area contributed by atoms with Gasteiger partial charge in [-0.1, -0.05) is 36.4 Å². The molecule has 1 unspecified atom stereocenters. The molecule has 2 aromatic carbocycles. The highest BCUT2D eigenvalue weighted by Crippen LogP contribution is 2.38. The number of fused-ring (bicyclic) bond motifs is 1. The lowest BCUT2D eigenvalue weighted by molar-refractivity contribution is 0.0879. The van der Waals surface area contributed by atoms with E-state index in [4.69, 9.17) is 15.9 Å². The van der Waals surface area contributed by atoms with Crippen molar-refractivity contribution in [1.82, 2.24) is 10.2 Å². The van der Waals surface area contributed by atoms with Gasteiger partial charge in [-0.25, -0.2) is 4.79 Å². The number of hydrogen-bond acceptors (Lipinski definition) is 4. The van der Waals surface area contributed by atoms with Crippen molar-refractivity contribution in [3.63, 3.8) is 0 Å². The summed E-state index contributed by atoms with van der Waals surface area (Å²) in [5.74, 6) is -0.386. The van der Waals surface area contributed by atoms with Crippen LogP contribution < -0.4 is 11.1 Å². The van der Waals surface area contributed by atoms with Crippen LogP contribution in [0.5, 0.6) is 0 Å². The molecule has 0 radical (unpaired) electrons. The topological polar surface area (TPSA) is 116 Å². The van der Waals surface area contributed by atoms with E-state index in [1.165, 1.54) is 0 Å². The Morgan fingerprint density at radius 2 is 1.77 bits per heavy atom. The van der Waals surface area contributed by atoms with Gasteiger partial charge in [0, 0.05) is 12.1 Å². The maximum absolute atomic E-state index is 12.2. The molecule has 1 aliphatic heterocycles. The van der Waals surface area contributed by atoms with E-state index >= 15 is 0 Å². The molecular weight excluding hydrogens is 334 g/mol. The van der Waals surface area contributed by atoms with Crippen molar-refractivity contribution < 1.29 is 19.8 Å². The van der Waals surface area contributed by atoms with Crippen LogP contribution in [0.1, 0.15) is 33.1 Å². The molecule has 136 valence electrons. The van der Waals surface area contributed by atoms with Crippen LogP contribution >= 0.6 is 0 Å². The Labute approximate surface area is 151 Å². The number of nitrogens with zero attached hydrogens (tertiary/aromatic N) is 1. The molecule has 0 saturated heterocycles. The Morgan fingerprint density at radius 1 is 1.12 bits per heavy atom. The van der Waals surface area contributed by atoms with E-state index in [1.807, 2.05) is 24.3 Å². The van der Waals surface area contributed by atoms with Crippen LogP contribution in [0.2, 0.25) is 0 Å². The van der Waals surface area contributed by atoms with Gasteiger partial charge in [0.05, 0.1) is 25.3 Å². The number of carbonyl (C=O) groups is 2. The van der Waals surface area contributed by atoms with Gasteiger partial charge in [0.2, 0.25) is 0 Å². The Hall–Kier alpha value is -2.90. The van der Waals surface area contributed by atoms with Gasteiger partial charge in [-0.3, -0.25) is 4.79 Å². The van der Waals surface area contributed by atoms with E-state index in [2.05, 4.69) is 5.32 Å².